The molecule has 0 aliphatic carbocycles. The van der Waals surface area contributed by atoms with E-state index >= 15 is 0 Å². The number of nitrogens with zero attached hydrogens (tertiary/aromatic N) is 5. The normalized spacial score (nSPS) is 18.7. The van der Waals surface area contributed by atoms with E-state index in [0.29, 0.717) is 11.7 Å². The number of aromatic nitrogens is 4. The van der Waals surface area contributed by atoms with Crippen LogP contribution in [0, 0.1) is 6.92 Å². The molecule has 1 aromatic carbocycles. The molecule has 6 nitrogen and oxygen atoms in total. The first-order valence-corrected chi connectivity index (χ1v) is 9.13. The molecule has 0 amide bonds. The van der Waals surface area contributed by atoms with Crippen LogP contribution in [0.5, 0.6) is 0 Å². The number of likely N-dealkylation sites (tertiary alicyclic amines) is 1. The molecule has 1 unspecified atom stereocenters. The summed E-state index contributed by atoms with van der Waals surface area (Å²) in [6.45, 7) is 5.06. The lowest BCUT2D eigenvalue weighted by atomic mass is 9.93. The van der Waals surface area contributed by atoms with Crippen molar-refractivity contribution in [2.45, 2.75) is 32.2 Å². The predicted molar refractivity (Wildman–Crippen MR) is 99.0 cm³/mol. The van der Waals surface area contributed by atoms with Crippen molar-refractivity contribution in [2.24, 2.45) is 0 Å². The average molecular weight is 347 g/mol. The maximum Gasteiger partial charge on any atom is 0.252 e. The summed E-state index contributed by atoms with van der Waals surface area (Å²) in [5.41, 5.74) is 4.44. The smallest absolute Gasteiger partial charge is 0.252 e. The molecule has 26 heavy (non-hydrogen) atoms. The van der Waals surface area contributed by atoms with Gasteiger partial charge in [-0.2, -0.15) is 10.1 Å². The second kappa shape index (κ2) is 6.21. The van der Waals surface area contributed by atoms with E-state index in [0.717, 1.165) is 30.9 Å². The molecule has 4 heterocycles. The van der Waals surface area contributed by atoms with Crippen LogP contribution < -0.4 is 0 Å². The van der Waals surface area contributed by atoms with Gasteiger partial charge < -0.3 is 4.42 Å². The lowest BCUT2D eigenvalue weighted by molar-refractivity contribution is 0.197. The largest absolute Gasteiger partial charge is 0.464 e. The molecule has 0 saturated carbocycles. The zero-order chi connectivity index (χ0) is 17.5. The number of fused-ring (bicyclic) bond motifs is 2. The first kappa shape index (κ1) is 15.5. The van der Waals surface area contributed by atoms with E-state index in [-0.39, 0.29) is 0 Å². The monoisotopic (exact) mass is 347 g/mol. The second-order valence-corrected chi connectivity index (χ2v) is 7.13. The van der Waals surface area contributed by atoms with Gasteiger partial charge >= 0.3 is 0 Å². The molecule has 1 atom stereocenters. The van der Waals surface area contributed by atoms with Crippen molar-refractivity contribution in [3.63, 3.8) is 0 Å². The van der Waals surface area contributed by atoms with Crippen LogP contribution in [0.4, 0.5) is 0 Å². The van der Waals surface area contributed by atoms with E-state index in [4.69, 9.17) is 4.42 Å². The van der Waals surface area contributed by atoms with Crippen LogP contribution in [0.15, 0.2) is 47.3 Å². The van der Waals surface area contributed by atoms with Crippen LogP contribution >= 0.6 is 0 Å². The second-order valence-electron chi connectivity index (χ2n) is 7.13. The average Bonchev–Trinajstić information content (AvgIpc) is 3.28. The van der Waals surface area contributed by atoms with Gasteiger partial charge in [0.2, 0.25) is 0 Å². The molecule has 3 aromatic heterocycles. The summed E-state index contributed by atoms with van der Waals surface area (Å²) in [6, 6.07) is 10.4. The van der Waals surface area contributed by atoms with Gasteiger partial charge in [0.25, 0.3) is 5.78 Å². The van der Waals surface area contributed by atoms with Crippen LogP contribution in [0.1, 0.15) is 35.7 Å². The van der Waals surface area contributed by atoms with E-state index < -0.39 is 0 Å². The lowest BCUT2D eigenvalue weighted by Gasteiger charge is -2.32. The van der Waals surface area contributed by atoms with Gasteiger partial charge in [-0.15, -0.1) is 0 Å². The summed E-state index contributed by atoms with van der Waals surface area (Å²) in [5, 5.41) is 5.60. The highest BCUT2D eigenvalue weighted by Crippen LogP contribution is 2.29. The number of piperidine rings is 1. The Bertz CT molecular complexity index is 1070. The minimum atomic E-state index is 0.438. The van der Waals surface area contributed by atoms with Crippen molar-refractivity contribution >= 4 is 16.7 Å². The Kier molecular flexibility index (Phi) is 3.71. The van der Waals surface area contributed by atoms with Crippen molar-refractivity contribution < 1.29 is 4.42 Å². The molecule has 5 rings (SSSR count). The maximum atomic E-state index is 5.71. The fraction of sp³-hybridized carbons (Fsp3) is 0.350. The van der Waals surface area contributed by atoms with Crippen LogP contribution in [-0.2, 0) is 6.54 Å². The molecule has 1 aliphatic heterocycles. The van der Waals surface area contributed by atoms with Gasteiger partial charge in [0.1, 0.15) is 11.9 Å². The molecular weight excluding hydrogens is 326 g/mol. The third kappa shape index (κ3) is 2.66. The summed E-state index contributed by atoms with van der Waals surface area (Å²) in [4.78, 5) is 11.3. The minimum absolute atomic E-state index is 0.438. The van der Waals surface area contributed by atoms with Gasteiger partial charge in [0.05, 0.1) is 12.0 Å². The number of hydrogen-bond acceptors (Lipinski definition) is 5. The van der Waals surface area contributed by atoms with Crippen molar-refractivity contribution in [2.75, 3.05) is 13.1 Å². The minimum Gasteiger partial charge on any atom is -0.464 e. The number of aryl methyl sites for hydroxylation is 1. The van der Waals surface area contributed by atoms with Crippen LogP contribution in [0.3, 0.4) is 0 Å². The molecule has 4 aromatic rings. The molecule has 0 bridgehead atoms. The van der Waals surface area contributed by atoms with Gasteiger partial charge in [-0.25, -0.2) is 9.50 Å². The molecule has 0 radical (unpaired) electrons. The summed E-state index contributed by atoms with van der Waals surface area (Å²) in [6.07, 6.45) is 5.84. The number of hydrogen-bond donors (Lipinski definition) is 0. The SMILES string of the molecule is Cc1cc(C2CCCN(Cc3coc4ccccc34)C2)n2ncnc2n1. The van der Waals surface area contributed by atoms with Crippen molar-refractivity contribution in [3.05, 3.63) is 59.9 Å². The Hall–Kier alpha value is -2.73. The Balaban J connectivity index is 1.42. The Morgan fingerprint density at radius 3 is 3.15 bits per heavy atom. The number of benzene rings is 1. The zero-order valence-corrected chi connectivity index (χ0v) is 14.8. The highest BCUT2D eigenvalue weighted by molar-refractivity contribution is 5.80. The molecular formula is C20H21N5O. The summed E-state index contributed by atoms with van der Waals surface area (Å²) >= 11 is 0. The molecule has 0 spiro atoms. The van der Waals surface area contributed by atoms with E-state index in [1.54, 1.807) is 6.33 Å². The van der Waals surface area contributed by atoms with Crippen molar-refractivity contribution in [1.82, 2.24) is 24.5 Å². The zero-order valence-electron chi connectivity index (χ0n) is 14.8. The van der Waals surface area contributed by atoms with Gasteiger partial charge in [-0.05, 0) is 38.4 Å². The van der Waals surface area contributed by atoms with E-state index in [1.807, 2.05) is 29.8 Å². The number of furan rings is 1. The van der Waals surface area contributed by atoms with Gasteiger partial charge in [-0.3, -0.25) is 4.90 Å². The standard InChI is InChI=1S/C20H21N5O/c1-14-9-18(25-20(23-14)21-13-22-25)15-5-4-8-24(10-15)11-16-12-26-19-7-3-2-6-17(16)19/h2-3,6-7,9,12-13,15H,4-5,8,10-11H2,1H3. The summed E-state index contributed by atoms with van der Waals surface area (Å²) < 4.78 is 7.60. The molecule has 132 valence electrons. The molecule has 0 N–H and O–H groups in total. The first-order chi connectivity index (χ1) is 12.8. The maximum absolute atomic E-state index is 5.71. The molecule has 1 aliphatic rings. The van der Waals surface area contributed by atoms with E-state index in [1.165, 1.54) is 29.5 Å². The Morgan fingerprint density at radius 1 is 1.27 bits per heavy atom. The van der Waals surface area contributed by atoms with E-state index in [2.05, 4.69) is 38.2 Å². The topological polar surface area (TPSA) is 59.5 Å². The highest BCUT2D eigenvalue weighted by Gasteiger charge is 2.25. The third-order valence-electron chi connectivity index (χ3n) is 5.29. The molecule has 6 heteroatoms. The lowest BCUT2D eigenvalue weighted by Crippen LogP contribution is -2.34. The molecule has 1 saturated heterocycles. The highest BCUT2D eigenvalue weighted by atomic mass is 16.3. The third-order valence-corrected chi connectivity index (χ3v) is 5.29. The quantitative estimate of drug-likeness (QED) is 0.567. The Labute approximate surface area is 151 Å². The van der Waals surface area contributed by atoms with Gasteiger partial charge in [0, 0.05) is 35.7 Å². The fourth-order valence-corrected chi connectivity index (χ4v) is 4.09. The molecule has 1 fully saturated rings. The van der Waals surface area contributed by atoms with Crippen LogP contribution in [-0.4, -0.2) is 37.6 Å². The van der Waals surface area contributed by atoms with Gasteiger partial charge in [0.15, 0.2) is 0 Å². The van der Waals surface area contributed by atoms with Crippen LogP contribution in [0.2, 0.25) is 0 Å². The summed E-state index contributed by atoms with van der Waals surface area (Å²) in [5.74, 6) is 1.13. The fourth-order valence-electron chi connectivity index (χ4n) is 4.09. The van der Waals surface area contributed by atoms with Crippen LogP contribution in [0.25, 0.3) is 16.7 Å². The summed E-state index contributed by atoms with van der Waals surface area (Å²) in [7, 11) is 0. The predicted octanol–water partition coefficient (Wildman–Crippen LogP) is 3.56. The number of rotatable bonds is 3. The van der Waals surface area contributed by atoms with Crippen molar-refractivity contribution in [1.29, 1.82) is 0 Å². The Morgan fingerprint density at radius 2 is 2.19 bits per heavy atom. The van der Waals surface area contributed by atoms with Gasteiger partial charge in [-0.1, -0.05) is 18.2 Å². The first-order valence-electron chi connectivity index (χ1n) is 9.13. The van der Waals surface area contributed by atoms with E-state index in [9.17, 15) is 0 Å². The number of para-hydroxylation sites is 1. The van der Waals surface area contributed by atoms with Crippen molar-refractivity contribution in [3.8, 4) is 0 Å².